The number of thioether (sulfide) groups is 1. The van der Waals surface area contributed by atoms with Crippen molar-refractivity contribution in [3.8, 4) is 0 Å². The number of thiazole rings is 1. The van der Waals surface area contributed by atoms with Crippen molar-refractivity contribution in [3.63, 3.8) is 0 Å². The maximum absolute atomic E-state index is 13.8. The van der Waals surface area contributed by atoms with E-state index in [1.54, 1.807) is 48.5 Å². The average Bonchev–Trinajstić information content (AvgIpc) is 3.37. The SMILES string of the molecule is Cc1ccc(NC(=O)Cn2c3c(sc2=O)[C@H](c2ccc(Cl)cc2)C2C(=O)N(c4ccccc4)C(=O)C2S3)cc1. The van der Waals surface area contributed by atoms with Gasteiger partial charge in [-0.2, -0.15) is 0 Å². The minimum absolute atomic E-state index is 0.208. The lowest BCUT2D eigenvalue weighted by atomic mass is 9.83. The lowest BCUT2D eigenvalue weighted by Gasteiger charge is -2.30. The molecule has 1 saturated heterocycles. The van der Waals surface area contributed by atoms with Gasteiger partial charge in [-0.25, -0.2) is 4.90 Å². The van der Waals surface area contributed by atoms with Crippen molar-refractivity contribution in [1.82, 2.24) is 4.57 Å². The van der Waals surface area contributed by atoms with Crippen molar-refractivity contribution in [1.29, 1.82) is 0 Å². The fourth-order valence-corrected chi connectivity index (χ4v) is 8.00. The molecule has 4 aromatic rings. The maximum Gasteiger partial charge on any atom is 0.308 e. The fourth-order valence-electron chi connectivity index (χ4n) is 5.10. The van der Waals surface area contributed by atoms with Gasteiger partial charge in [-0.05, 0) is 48.9 Å². The Kier molecular flexibility index (Phi) is 6.66. The lowest BCUT2D eigenvalue weighted by Crippen LogP contribution is -2.33. The van der Waals surface area contributed by atoms with E-state index in [9.17, 15) is 19.2 Å². The fraction of sp³-hybridized carbons (Fsp3) is 0.172. The summed E-state index contributed by atoms with van der Waals surface area (Å²) < 4.78 is 1.41. The lowest BCUT2D eigenvalue weighted by molar-refractivity contribution is -0.122. The molecular weight excluding hydrogens is 554 g/mol. The number of nitrogens with zero attached hydrogens (tertiary/aromatic N) is 2. The first kappa shape index (κ1) is 25.6. The molecule has 2 unspecified atom stereocenters. The van der Waals surface area contributed by atoms with E-state index in [0.717, 1.165) is 22.5 Å². The van der Waals surface area contributed by atoms with Gasteiger partial charge < -0.3 is 5.32 Å². The molecule has 3 amide bonds. The highest BCUT2D eigenvalue weighted by Gasteiger charge is 2.56. The largest absolute Gasteiger partial charge is 0.325 e. The van der Waals surface area contributed by atoms with Gasteiger partial charge in [0.15, 0.2) is 0 Å². The Balaban J connectivity index is 1.40. The van der Waals surface area contributed by atoms with Gasteiger partial charge in [0.1, 0.15) is 11.8 Å². The van der Waals surface area contributed by atoms with Crippen LogP contribution in [0.2, 0.25) is 5.02 Å². The van der Waals surface area contributed by atoms with Gasteiger partial charge in [0.2, 0.25) is 17.7 Å². The number of aromatic nitrogens is 1. The summed E-state index contributed by atoms with van der Waals surface area (Å²) in [5.74, 6) is -2.23. The highest BCUT2D eigenvalue weighted by Crippen LogP contribution is 2.53. The van der Waals surface area contributed by atoms with E-state index in [-0.39, 0.29) is 29.1 Å². The molecule has 7 nitrogen and oxygen atoms in total. The van der Waals surface area contributed by atoms with Crippen LogP contribution < -0.4 is 15.1 Å². The van der Waals surface area contributed by atoms with Crippen molar-refractivity contribution in [2.45, 2.75) is 29.7 Å². The van der Waals surface area contributed by atoms with Crippen molar-refractivity contribution in [2.24, 2.45) is 5.92 Å². The summed E-state index contributed by atoms with van der Waals surface area (Å²) in [6.45, 7) is 1.75. The first-order valence-electron chi connectivity index (χ1n) is 12.3. The van der Waals surface area contributed by atoms with Crippen molar-refractivity contribution in [3.05, 3.63) is 110 Å². The third kappa shape index (κ3) is 4.60. The van der Waals surface area contributed by atoms with E-state index in [4.69, 9.17) is 11.6 Å². The topological polar surface area (TPSA) is 88.5 Å². The van der Waals surface area contributed by atoms with E-state index < -0.39 is 17.1 Å². The molecule has 39 heavy (non-hydrogen) atoms. The van der Waals surface area contributed by atoms with Gasteiger partial charge in [-0.3, -0.25) is 23.7 Å². The van der Waals surface area contributed by atoms with E-state index in [2.05, 4.69) is 5.32 Å². The molecule has 0 spiro atoms. The van der Waals surface area contributed by atoms with E-state index in [1.165, 1.54) is 21.2 Å². The number of fused-ring (bicyclic) bond motifs is 2. The van der Waals surface area contributed by atoms with Gasteiger partial charge in [-0.1, -0.05) is 82.7 Å². The molecular formula is C29H22ClN3O4S2. The number of amides is 3. The number of halogens is 1. The highest BCUT2D eigenvalue weighted by atomic mass is 35.5. The molecule has 2 aliphatic heterocycles. The molecule has 0 bridgehead atoms. The zero-order valence-electron chi connectivity index (χ0n) is 20.7. The number of nitrogens with one attached hydrogen (secondary N) is 1. The summed E-state index contributed by atoms with van der Waals surface area (Å²) in [6.07, 6.45) is 0. The summed E-state index contributed by atoms with van der Waals surface area (Å²) in [5, 5.41) is 3.17. The minimum Gasteiger partial charge on any atom is -0.325 e. The van der Waals surface area contributed by atoms with E-state index in [1.807, 2.05) is 37.3 Å². The molecule has 6 rings (SSSR count). The number of para-hydroxylation sites is 1. The van der Waals surface area contributed by atoms with Crippen LogP contribution in [0.4, 0.5) is 11.4 Å². The molecule has 3 aromatic carbocycles. The van der Waals surface area contributed by atoms with Crippen LogP contribution in [0.25, 0.3) is 0 Å². The quantitative estimate of drug-likeness (QED) is 0.326. The first-order valence-corrected chi connectivity index (χ1v) is 14.3. The molecule has 2 aliphatic rings. The predicted molar refractivity (Wildman–Crippen MR) is 154 cm³/mol. The Hall–Kier alpha value is -3.66. The number of anilines is 2. The van der Waals surface area contributed by atoms with Gasteiger partial charge >= 0.3 is 4.87 Å². The third-order valence-electron chi connectivity index (χ3n) is 6.93. The number of benzene rings is 3. The number of carbonyl (C=O) groups excluding carboxylic acids is 3. The monoisotopic (exact) mass is 575 g/mol. The van der Waals surface area contributed by atoms with Crippen LogP contribution in [0, 0.1) is 12.8 Å². The van der Waals surface area contributed by atoms with Crippen LogP contribution in [-0.2, 0) is 20.9 Å². The Morgan fingerprint density at radius 1 is 0.923 bits per heavy atom. The molecule has 0 aliphatic carbocycles. The number of hydrogen-bond donors (Lipinski definition) is 1. The standard InChI is InChI=1S/C29H22ClN3O4S2/c1-16-7-13-19(14-8-16)31-21(34)15-32-28-25(39-29(32)37)22(17-9-11-18(30)12-10-17)23-24(38-28)27(36)33(26(23)35)20-5-3-2-4-6-20/h2-14,22-24H,15H2,1H3,(H,31,34)/t22-,23?,24?/m1/s1. The second-order valence-electron chi connectivity index (χ2n) is 9.48. The van der Waals surface area contributed by atoms with Crippen LogP contribution in [0.3, 0.4) is 0 Å². The number of rotatable bonds is 5. The number of hydrogen-bond acceptors (Lipinski definition) is 6. The summed E-state index contributed by atoms with van der Waals surface area (Å²) in [6, 6.07) is 23.4. The molecule has 1 N–H and O–H groups in total. The zero-order valence-corrected chi connectivity index (χ0v) is 23.1. The predicted octanol–water partition coefficient (Wildman–Crippen LogP) is 5.31. The van der Waals surface area contributed by atoms with Gasteiger partial charge in [0.25, 0.3) is 0 Å². The van der Waals surface area contributed by atoms with Crippen LogP contribution >= 0.6 is 34.7 Å². The van der Waals surface area contributed by atoms with E-state index in [0.29, 0.717) is 26.3 Å². The first-order chi connectivity index (χ1) is 18.8. The van der Waals surface area contributed by atoms with Crippen molar-refractivity contribution < 1.29 is 14.4 Å². The Morgan fingerprint density at radius 2 is 1.62 bits per heavy atom. The summed E-state index contributed by atoms with van der Waals surface area (Å²) in [4.78, 5) is 55.3. The molecule has 1 fully saturated rings. The van der Waals surface area contributed by atoms with Crippen LogP contribution in [-0.4, -0.2) is 27.5 Å². The Bertz CT molecular complexity index is 1650. The molecule has 1 aromatic heterocycles. The second-order valence-corrected chi connectivity index (χ2v) is 12.0. The summed E-state index contributed by atoms with van der Waals surface area (Å²) >= 11 is 8.36. The van der Waals surface area contributed by atoms with Crippen molar-refractivity contribution >= 4 is 63.8 Å². The highest BCUT2D eigenvalue weighted by molar-refractivity contribution is 8.00. The molecule has 0 radical (unpaired) electrons. The summed E-state index contributed by atoms with van der Waals surface area (Å²) in [7, 11) is 0. The van der Waals surface area contributed by atoms with Crippen LogP contribution in [0.1, 0.15) is 21.9 Å². The Labute approximate surface area is 237 Å². The normalized spacial score (nSPS) is 20.1. The third-order valence-corrected chi connectivity index (χ3v) is 9.79. The zero-order chi connectivity index (χ0) is 27.3. The molecule has 196 valence electrons. The number of carbonyl (C=O) groups is 3. The van der Waals surface area contributed by atoms with Gasteiger partial charge in [-0.15, -0.1) is 0 Å². The van der Waals surface area contributed by atoms with Crippen LogP contribution in [0.5, 0.6) is 0 Å². The maximum atomic E-state index is 13.8. The minimum atomic E-state index is -0.744. The number of imide groups is 1. The van der Waals surface area contributed by atoms with Gasteiger partial charge in [0.05, 0.1) is 16.6 Å². The molecule has 3 heterocycles. The molecule has 10 heteroatoms. The van der Waals surface area contributed by atoms with Crippen molar-refractivity contribution in [2.75, 3.05) is 10.2 Å². The second kappa shape index (κ2) is 10.1. The Morgan fingerprint density at radius 3 is 2.31 bits per heavy atom. The molecule has 0 saturated carbocycles. The average molecular weight is 576 g/mol. The van der Waals surface area contributed by atoms with E-state index >= 15 is 0 Å². The summed E-state index contributed by atoms with van der Waals surface area (Å²) in [5.41, 5.74) is 2.99. The number of aryl methyl sites for hydroxylation is 1. The molecule has 3 atom stereocenters. The van der Waals surface area contributed by atoms with Gasteiger partial charge in [0, 0.05) is 21.5 Å². The smallest absolute Gasteiger partial charge is 0.308 e. The van der Waals surface area contributed by atoms with Crippen LogP contribution in [0.15, 0.2) is 88.7 Å².